The van der Waals surface area contributed by atoms with E-state index in [2.05, 4.69) is 19.1 Å². The van der Waals surface area contributed by atoms with E-state index in [1.165, 1.54) is 10.5 Å². The van der Waals surface area contributed by atoms with E-state index in [1.807, 2.05) is 44.2 Å². The second kappa shape index (κ2) is 7.09. The largest absolute Gasteiger partial charge is 0.274 e. The predicted molar refractivity (Wildman–Crippen MR) is 113 cm³/mol. The number of rotatable bonds is 4. The highest BCUT2D eigenvalue weighted by atomic mass is 32.2. The Morgan fingerprint density at radius 1 is 1.15 bits per heavy atom. The van der Waals surface area contributed by atoms with Gasteiger partial charge < -0.3 is 0 Å². The minimum atomic E-state index is -0.273. The minimum Gasteiger partial charge on any atom is -0.274 e. The Bertz CT molecular complexity index is 1020. The highest BCUT2D eigenvalue weighted by molar-refractivity contribution is 8.01. The zero-order chi connectivity index (χ0) is 19.1. The van der Waals surface area contributed by atoms with Gasteiger partial charge in [0.2, 0.25) is 11.8 Å². The van der Waals surface area contributed by atoms with Gasteiger partial charge in [-0.05, 0) is 54.1 Å². The Hall–Kier alpha value is -2.18. The smallest absolute Gasteiger partial charge is 0.247 e. The molecule has 0 aliphatic carbocycles. The molecule has 1 saturated heterocycles. The second-order valence-electron chi connectivity index (χ2n) is 6.98. The third kappa shape index (κ3) is 3.51. The quantitative estimate of drug-likeness (QED) is 0.580. The van der Waals surface area contributed by atoms with Gasteiger partial charge >= 0.3 is 0 Å². The number of hydrogen-bond acceptors (Lipinski definition) is 5. The maximum absolute atomic E-state index is 12.6. The van der Waals surface area contributed by atoms with E-state index in [0.29, 0.717) is 10.9 Å². The maximum atomic E-state index is 12.6. The van der Waals surface area contributed by atoms with Crippen molar-refractivity contribution in [1.82, 2.24) is 4.98 Å². The first-order valence-corrected chi connectivity index (χ1v) is 10.7. The fraction of sp³-hybridized carbons (Fsp3) is 0.286. The van der Waals surface area contributed by atoms with Crippen molar-refractivity contribution < 1.29 is 9.59 Å². The molecule has 1 unspecified atom stereocenters. The number of amides is 2. The zero-order valence-electron chi connectivity index (χ0n) is 15.4. The molecule has 2 aromatic carbocycles. The van der Waals surface area contributed by atoms with Gasteiger partial charge in [0.05, 0.1) is 21.2 Å². The number of aromatic nitrogens is 1. The van der Waals surface area contributed by atoms with E-state index in [0.717, 1.165) is 20.8 Å². The van der Waals surface area contributed by atoms with Crippen LogP contribution < -0.4 is 4.90 Å². The molecule has 3 aromatic rings. The molecule has 27 heavy (non-hydrogen) atoms. The Morgan fingerprint density at radius 2 is 1.89 bits per heavy atom. The number of thiazole rings is 1. The molecule has 2 amide bonds. The van der Waals surface area contributed by atoms with Crippen LogP contribution in [0.5, 0.6) is 0 Å². The molecular formula is C21H20N2O2S2. The van der Waals surface area contributed by atoms with Gasteiger partial charge in [0, 0.05) is 12.0 Å². The first-order valence-electron chi connectivity index (χ1n) is 8.92. The average molecular weight is 397 g/mol. The van der Waals surface area contributed by atoms with Crippen LogP contribution in [-0.4, -0.2) is 27.3 Å². The number of fused-ring (bicyclic) bond motifs is 1. The third-order valence-electron chi connectivity index (χ3n) is 4.46. The van der Waals surface area contributed by atoms with Crippen LogP contribution in [0.2, 0.25) is 0 Å². The lowest BCUT2D eigenvalue weighted by molar-refractivity contribution is -0.121. The van der Waals surface area contributed by atoms with Crippen LogP contribution in [0.25, 0.3) is 20.8 Å². The number of carbonyl (C=O) groups excluding carboxylic acids is 2. The summed E-state index contributed by atoms with van der Waals surface area (Å²) >= 11 is 3.20. The Kier molecular flexibility index (Phi) is 4.78. The fourth-order valence-corrected chi connectivity index (χ4v) is 5.41. The van der Waals surface area contributed by atoms with E-state index >= 15 is 0 Å². The van der Waals surface area contributed by atoms with Gasteiger partial charge in [0.1, 0.15) is 5.01 Å². The summed E-state index contributed by atoms with van der Waals surface area (Å²) in [4.78, 5) is 31.0. The molecular weight excluding hydrogens is 376 g/mol. The van der Waals surface area contributed by atoms with Gasteiger partial charge in [-0.2, -0.15) is 0 Å². The number of thioether (sulfide) groups is 1. The summed E-state index contributed by atoms with van der Waals surface area (Å²) in [6.07, 6.45) is 0.278. The van der Waals surface area contributed by atoms with Crippen LogP contribution in [0, 0.1) is 6.92 Å². The number of aryl methyl sites for hydroxylation is 1. The number of hydrogen-bond donors (Lipinski definition) is 0. The van der Waals surface area contributed by atoms with Crippen LogP contribution >= 0.6 is 23.1 Å². The molecule has 4 rings (SSSR count). The first-order chi connectivity index (χ1) is 12.9. The molecule has 0 radical (unpaired) electrons. The van der Waals surface area contributed by atoms with Crippen molar-refractivity contribution in [2.45, 2.75) is 37.7 Å². The molecule has 0 bridgehead atoms. The monoisotopic (exact) mass is 396 g/mol. The molecule has 1 aromatic heterocycles. The van der Waals surface area contributed by atoms with Crippen LogP contribution in [-0.2, 0) is 9.59 Å². The van der Waals surface area contributed by atoms with Crippen LogP contribution in [0.3, 0.4) is 0 Å². The summed E-state index contributed by atoms with van der Waals surface area (Å²) in [5.41, 5.74) is 3.83. The molecule has 2 heterocycles. The molecule has 138 valence electrons. The molecule has 0 saturated carbocycles. The topological polar surface area (TPSA) is 50.3 Å². The van der Waals surface area contributed by atoms with Crippen LogP contribution in [0.15, 0.2) is 42.5 Å². The van der Waals surface area contributed by atoms with Crippen molar-refractivity contribution in [3.8, 4) is 10.6 Å². The molecule has 6 heteroatoms. The number of nitrogens with zero attached hydrogens (tertiary/aromatic N) is 2. The minimum absolute atomic E-state index is 0.109. The standard InChI is InChI=1S/C21H20N2O2S2/c1-12(2)26-18-11-19(24)23(21(18)25)15-7-5-14(6-8-15)20-22-16-9-4-13(3)10-17(16)27-20/h4-10,12,18H,11H2,1-3H3. The van der Waals surface area contributed by atoms with Gasteiger partial charge in [-0.15, -0.1) is 23.1 Å². The van der Waals surface area contributed by atoms with Crippen molar-refractivity contribution in [3.63, 3.8) is 0 Å². The predicted octanol–water partition coefficient (Wildman–Crippen LogP) is 5.05. The van der Waals surface area contributed by atoms with Gasteiger partial charge in [-0.1, -0.05) is 19.9 Å². The van der Waals surface area contributed by atoms with E-state index in [9.17, 15) is 9.59 Å². The molecule has 4 nitrogen and oxygen atoms in total. The fourth-order valence-electron chi connectivity index (χ4n) is 3.22. The van der Waals surface area contributed by atoms with E-state index in [4.69, 9.17) is 4.98 Å². The van der Waals surface area contributed by atoms with Gasteiger partial charge in [-0.3, -0.25) is 9.59 Å². The van der Waals surface area contributed by atoms with Crippen molar-refractivity contribution in [3.05, 3.63) is 48.0 Å². The zero-order valence-corrected chi connectivity index (χ0v) is 17.1. The lowest BCUT2D eigenvalue weighted by Crippen LogP contribution is -2.31. The summed E-state index contributed by atoms with van der Waals surface area (Å²) < 4.78 is 1.16. The Balaban J connectivity index is 1.60. The van der Waals surface area contributed by atoms with Crippen LogP contribution in [0.4, 0.5) is 5.69 Å². The first kappa shape index (κ1) is 18.2. The molecule has 1 fully saturated rings. The SMILES string of the molecule is Cc1ccc2nc(-c3ccc(N4C(=O)CC(SC(C)C)C4=O)cc3)sc2c1. The number of carbonyl (C=O) groups is 2. The highest BCUT2D eigenvalue weighted by Gasteiger charge is 2.40. The molecule has 1 aliphatic rings. The van der Waals surface area contributed by atoms with Gasteiger partial charge in [0.15, 0.2) is 0 Å². The van der Waals surface area contributed by atoms with E-state index < -0.39 is 0 Å². The molecule has 1 aliphatic heterocycles. The highest BCUT2D eigenvalue weighted by Crippen LogP contribution is 2.34. The van der Waals surface area contributed by atoms with Crippen molar-refractivity contribution >= 4 is 50.8 Å². The Morgan fingerprint density at radius 3 is 2.59 bits per heavy atom. The average Bonchev–Trinajstić information content (AvgIpc) is 3.15. The van der Waals surface area contributed by atoms with E-state index in [1.54, 1.807) is 23.1 Å². The number of benzene rings is 2. The summed E-state index contributed by atoms with van der Waals surface area (Å²) in [5, 5.41) is 0.982. The lowest BCUT2D eigenvalue weighted by Gasteiger charge is -2.16. The summed E-state index contributed by atoms with van der Waals surface area (Å²) in [6, 6.07) is 13.8. The lowest BCUT2D eigenvalue weighted by atomic mass is 10.2. The third-order valence-corrected chi connectivity index (χ3v) is 6.77. The van der Waals surface area contributed by atoms with Crippen LogP contribution in [0.1, 0.15) is 25.8 Å². The number of imide groups is 1. The van der Waals surface area contributed by atoms with Crippen molar-refractivity contribution in [2.75, 3.05) is 4.90 Å². The van der Waals surface area contributed by atoms with E-state index in [-0.39, 0.29) is 23.5 Å². The maximum Gasteiger partial charge on any atom is 0.247 e. The summed E-state index contributed by atoms with van der Waals surface area (Å²) in [5.74, 6) is -0.233. The molecule has 1 atom stereocenters. The normalized spacial score (nSPS) is 17.5. The van der Waals surface area contributed by atoms with Crippen molar-refractivity contribution in [1.29, 1.82) is 0 Å². The summed E-state index contributed by atoms with van der Waals surface area (Å²) in [6.45, 7) is 6.15. The molecule has 0 N–H and O–H groups in total. The number of anilines is 1. The molecule has 0 spiro atoms. The van der Waals surface area contributed by atoms with Gasteiger partial charge in [-0.25, -0.2) is 9.88 Å². The second-order valence-corrected chi connectivity index (χ2v) is 9.80. The van der Waals surface area contributed by atoms with Crippen molar-refractivity contribution in [2.24, 2.45) is 0 Å². The Labute approximate surface area is 166 Å². The van der Waals surface area contributed by atoms with Gasteiger partial charge in [0.25, 0.3) is 0 Å². The summed E-state index contributed by atoms with van der Waals surface area (Å²) in [7, 11) is 0.